The SMILES string of the molecule is C=CC(=CC)Sc1ccncc1. The van der Waals surface area contributed by atoms with Crippen LogP contribution in [-0.2, 0) is 0 Å². The van der Waals surface area contributed by atoms with Crippen LogP contribution in [0.3, 0.4) is 0 Å². The van der Waals surface area contributed by atoms with E-state index in [0.717, 1.165) is 0 Å². The molecular weight excluding hydrogens is 166 g/mol. The van der Waals surface area contributed by atoms with E-state index in [1.54, 1.807) is 24.2 Å². The fourth-order valence-corrected chi connectivity index (χ4v) is 1.49. The third-order valence-corrected chi connectivity index (χ3v) is 2.52. The van der Waals surface area contributed by atoms with Gasteiger partial charge in [-0.25, -0.2) is 0 Å². The van der Waals surface area contributed by atoms with Crippen LogP contribution < -0.4 is 0 Å². The van der Waals surface area contributed by atoms with Crippen molar-refractivity contribution in [2.24, 2.45) is 0 Å². The number of hydrogen-bond donors (Lipinski definition) is 0. The summed E-state index contributed by atoms with van der Waals surface area (Å²) in [6.45, 7) is 5.73. The average molecular weight is 177 g/mol. The molecule has 0 aromatic carbocycles. The van der Waals surface area contributed by atoms with Crippen molar-refractivity contribution in [3.63, 3.8) is 0 Å². The second-order valence-electron chi connectivity index (χ2n) is 2.18. The van der Waals surface area contributed by atoms with Crippen LogP contribution >= 0.6 is 11.8 Å². The molecule has 0 amide bonds. The average Bonchev–Trinajstić information content (AvgIpc) is 2.16. The monoisotopic (exact) mass is 177 g/mol. The predicted molar refractivity (Wildman–Crippen MR) is 54.0 cm³/mol. The molecule has 0 bridgehead atoms. The first-order valence-electron chi connectivity index (χ1n) is 3.73. The van der Waals surface area contributed by atoms with Gasteiger partial charge >= 0.3 is 0 Å². The molecule has 0 saturated heterocycles. The third kappa shape index (κ3) is 2.55. The van der Waals surface area contributed by atoms with E-state index in [0.29, 0.717) is 0 Å². The summed E-state index contributed by atoms with van der Waals surface area (Å²) < 4.78 is 0. The van der Waals surface area contributed by atoms with Crippen molar-refractivity contribution < 1.29 is 0 Å². The minimum absolute atomic E-state index is 1.17. The highest BCUT2D eigenvalue weighted by molar-refractivity contribution is 8.03. The van der Waals surface area contributed by atoms with Gasteiger partial charge in [-0.3, -0.25) is 4.98 Å². The van der Waals surface area contributed by atoms with Gasteiger partial charge in [-0.15, -0.1) is 0 Å². The molecule has 0 unspecified atom stereocenters. The van der Waals surface area contributed by atoms with E-state index < -0.39 is 0 Å². The van der Waals surface area contributed by atoms with Crippen LogP contribution in [0.25, 0.3) is 0 Å². The van der Waals surface area contributed by atoms with Crippen LogP contribution in [-0.4, -0.2) is 4.98 Å². The molecule has 0 spiro atoms. The standard InChI is InChI=1S/C10H11NS/c1-3-9(4-2)12-10-5-7-11-8-6-10/h3-8H,1H2,2H3. The van der Waals surface area contributed by atoms with Gasteiger partial charge in [0.25, 0.3) is 0 Å². The smallest absolute Gasteiger partial charge is 0.0279 e. The van der Waals surface area contributed by atoms with Crippen molar-refractivity contribution in [1.29, 1.82) is 0 Å². The van der Waals surface area contributed by atoms with Gasteiger partial charge < -0.3 is 0 Å². The van der Waals surface area contributed by atoms with Gasteiger partial charge in [-0.2, -0.15) is 0 Å². The molecule has 2 heteroatoms. The molecule has 0 saturated carbocycles. The Morgan fingerprint density at radius 1 is 1.50 bits per heavy atom. The Morgan fingerprint density at radius 3 is 2.67 bits per heavy atom. The minimum Gasteiger partial charge on any atom is -0.265 e. The number of rotatable bonds is 3. The molecule has 1 heterocycles. The molecule has 0 radical (unpaired) electrons. The predicted octanol–water partition coefficient (Wildman–Crippen LogP) is 3.26. The maximum absolute atomic E-state index is 3.95. The van der Waals surface area contributed by atoms with Crippen LogP contribution in [0.2, 0.25) is 0 Å². The van der Waals surface area contributed by atoms with E-state index in [1.165, 1.54) is 9.80 Å². The van der Waals surface area contributed by atoms with Crippen LogP contribution in [0.4, 0.5) is 0 Å². The lowest BCUT2D eigenvalue weighted by Crippen LogP contribution is -1.73. The third-order valence-electron chi connectivity index (χ3n) is 1.37. The molecule has 62 valence electrons. The quantitative estimate of drug-likeness (QED) is 0.519. The zero-order chi connectivity index (χ0) is 8.81. The van der Waals surface area contributed by atoms with Crippen molar-refractivity contribution >= 4 is 11.8 Å². The van der Waals surface area contributed by atoms with Crippen molar-refractivity contribution in [2.45, 2.75) is 11.8 Å². The van der Waals surface area contributed by atoms with Crippen molar-refractivity contribution in [2.75, 3.05) is 0 Å². The van der Waals surface area contributed by atoms with Crippen molar-refractivity contribution in [3.05, 3.63) is 48.2 Å². The van der Waals surface area contributed by atoms with E-state index in [1.807, 2.05) is 31.2 Å². The first-order valence-corrected chi connectivity index (χ1v) is 4.55. The number of thioether (sulfide) groups is 1. The number of hydrogen-bond acceptors (Lipinski definition) is 2. The Bertz CT molecular complexity index is 277. The van der Waals surface area contributed by atoms with Crippen LogP contribution in [0.1, 0.15) is 6.92 Å². The Morgan fingerprint density at radius 2 is 2.17 bits per heavy atom. The normalized spacial score (nSPS) is 11.2. The zero-order valence-electron chi connectivity index (χ0n) is 7.03. The summed E-state index contributed by atoms with van der Waals surface area (Å²) in [5, 5.41) is 0. The summed E-state index contributed by atoms with van der Waals surface area (Å²) in [6.07, 6.45) is 7.47. The van der Waals surface area contributed by atoms with Gasteiger partial charge in [-0.1, -0.05) is 30.5 Å². The molecule has 0 fully saturated rings. The Kier molecular flexibility index (Phi) is 3.61. The molecule has 0 N–H and O–H groups in total. The molecule has 12 heavy (non-hydrogen) atoms. The van der Waals surface area contributed by atoms with E-state index in [2.05, 4.69) is 11.6 Å². The largest absolute Gasteiger partial charge is 0.265 e. The number of allylic oxidation sites excluding steroid dienone is 2. The lowest BCUT2D eigenvalue weighted by Gasteiger charge is -1.99. The second-order valence-corrected chi connectivity index (χ2v) is 3.33. The van der Waals surface area contributed by atoms with Crippen molar-refractivity contribution in [1.82, 2.24) is 4.98 Å². The summed E-state index contributed by atoms with van der Waals surface area (Å²) >= 11 is 1.69. The maximum atomic E-state index is 3.95. The minimum atomic E-state index is 1.17. The van der Waals surface area contributed by atoms with Crippen LogP contribution in [0.15, 0.2) is 53.1 Å². The summed E-state index contributed by atoms with van der Waals surface area (Å²) in [5.74, 6) is 0. The molecular formula is C10H11NS. The molecule has 1 aromatic rings. The second kappa shape index (κ2) is 4.78. The van der Waals surface area contributed by atoms with Crippen LogP contribution in [0.5, 0.6) is 0 Å². The highest BCUT2D eigenvalue weighted by Gasteiger charge is 1.93. The fourth-order valence-electron chi connectivity index (χ4n) is 0.761. The lowest BCUT2D eigenvalue weighted by molar-refractivity contribution is 1.26. The summed E-state index contributed by atoms with van der Waals surface area (Å²) in [7, 11) is 0. The molecule has 1 rings (SSSR count). The topological polar surface area (TPSA) is 12.9 Å². The summed E-state index contributed by atoms with van der Waals surface area (Å²) in [6, 6.07) is 3.97. The van der Waals surface area contributed by atoms with Gasteiger partial charge in [-0.05, 0) is 19.1 Å². The van der Waals surface area contributed by atoms with E-state index >= 15 is 0 Å². The number of aromatic nitrogens is 1. The maximum Gasteiger partial charge on any atom is 0.0279 e. The first kappa shape index (κ1) is 9.07. The Balaban J connectivity index is 2.70. The molecule has 1 nitrogen and oxygen atoms in total. The molecule has 0 atom stereocenters. The first-order chi connectivity index (χ1) is 5.86. The van der Waals surface area contributed by atoms with E-state index in [9.17, 15) is 0 Å². The molecule has 0 aliphatic rings. The zero-order valence-corrected chi connectivity index (χ0v) is 7.84. The van der Waals surface area contributed by atoms with Gasteiger partial charge in [0, 0.05) is 22.2 Å². The van der Waals surface area contributed by atoms with Gasteiger partial charge in [0.2, 0.25) is 0 Å². The summed E-state index contributed by atoms with van der Waals surface area (Å²) in [5.41, 5.74) is 0. The van der Waals surface area contributed by atoms with Crippen LogP contribution in [0, 0.1) is 0 Å². The Labute approximate surface area is 77.2 Å². The van der Waals surface area contributed by atoms with Gasteiger partial charge in [0.15, 0.2) is 0 Å². The fraction of sp³-hybridized carbons (Fsp3) is 0.100. The molecule has 0 aliphatic heterocycles. The van der Waals surface area contributed by atoms with E-state index in [-0.39, 0.29) is 0 Å². The molecule has 1 aromatic heterocycles. The summed E-state index contributed by atoms with van der Waals surface area (Å²) in [4.78, 5) is 6.31. The van der Waals surface area contributed by atoms with Gasteiger partial charge in [0.05, 0.1) is 0 Å². The Hall–Kier alpha value is -1.02. The van der Waals surface area contributed by atoms with E-state index in [4.69, 9.17) is 0 Å². The highest BCUT2D eigenvalue weighted by atomic mass is 32.2. The number of pyridine rings is 1. The lowest BCUT2D eigenvalue weighted by atomic mass is 10.5. The molecule has 0 aliphatic carbocycles. The van der Waals surface area contributed by atoms with Crippen molar-refractivity contribution in [3.8, 4) is 0 Å². The highest BCUT2D eigenvalue weighted by Crippen LogP contribution is 2.25. The van der Waals surface area contributed by atoms with Gasteiger partial charge in [0.1, 0.15) is 0 Å². The number of nitrogens with zero attached hydrogens (tertiary/aromatic N) is 1.